The van der Waals surface area contributed by atoms with Gasteiger partial charge in [-0.2, -0.15) is 0 Å². The van der Waals surface area contributed by atoms with Crippen molar-refractivity contribution in [3.63, 3.8) is 0 Å². The van der Waals surface area contributed by atoms with Gasteiger partial charge in [-0.05, 0) is 30.5 Å². The van der Waals surface area contributed by atoms with Gasteiger partial charge in [-0.1, -0.05) is 49.4 Å². The molecule has 0 radical (unpaired) electrons. The Kier molecular flexibility index (Phi) is 7.18. The molecule has 150 valence electrons. The molecule has 2 atom stereocenters. The normalized spacial score (nSPS) is 20.1. The van der Waals surface area contributed by atoms with Crippen molar-refractivity contribution in [1.82, 2.24) is 4.90 Å². The number of amides is 1. The zero-order valence-corrected chi connectivity index (χ0v) is 16.7. The van der Waals surface area contributed by atoms with E-state index in [4.69, 9.17) is 4.74 Å². The summed E-state index contributed by atoms with van der Waals surface area (Å²) in [4.78, 5) is 16.7. The van der Waals surface area contributed by atoms with Gasteiger partial charge in [0.05, 0.1) is 17.8 Å². The van der Waals surface area contributed by atoms with Gasteiger partial charge >= 0.3 is 0 Å². The molecule has 5 heteroatoms. The average molecular weight is 384 g/mol. The Morgan fingerprint density at radius 1 is 1.18 bits per heavy atom. The molecule has 0 spiro atoms. The molecule has 28 heavy (non-hydrogen) atoms. The number of piperidine rings is 1. The smallest absolute Gasteiger partial charge is 0.227 e. The molecule has 0 aliphatic carbocycles. The highest BCUT2D eigenvalue weighted by molar-refractivity contribution is 5.94. The third-order valence-electron chi connectivity index (χ3n) is 5.49. The van der Waals surface area contributed by atoms with E-state index in [-0.39, 0.29) is 23.9 Å². The molecule has 0 N–H and O–H groups in total. The number of anilines is 1. The molecule has 1 amide bonds. The van der Waals surface area contributed by atoms with Crippen LogP contribution in [0.2, 0.25) is 0 Å². The van der Waals surface area contributed by atoms with Crippen LogP contribution in [0.3, 0.4) is 0 Å². The maximum absolute atomic E-state index is 14.5. The van der Waals surface area contributed by atoms with Crippen molar-refractivity contribution in [2.45, 2.75) is 38.3 Å². The van der Waals surface area contributed by atoms with E-state index >= 15 is 0 Å². The molecule has 4 nitrogen and oxygen atoms in total. The minimum absolute atomic E-state index is 0.0742. The first-order valence-corrected chi connectivity index (χ1v) is 9.99. The fourth-order valence-electron chi connectivity index (χ4n) is 3.95. The minimum Gasteiger partial charge on any atom is -0.378 e. The van der Waals surface area contributed by atoms with E-state index in [0.29, 0.717) is 12.1 Å². The number of methoxy groups -OCH3 is 1. The second kappa shape index (κ2) is 9.80. The average Bonchev–Trinajstić information content (AvgIpc) is 2.74. The molecule has 1 fully saturated rings. The molecular formula is C23H29FN2O2. The molecular weight excluding hydrogens is 355 g/mol. The fourth-order valence-corrected chi connectivity index (χ4v) is 3.95. The van der Waals surface area contributed by atoms with E-state index in [0.717, 1.165) is 32.5 Å². The number of carbonyl (C=O) groups is 1. The van der Waals surface area contributed by atoms with Crippen molar-refractivity contribution in [2.75, 3.05) is 31.6 Å². The standard InChI is InChI=1S/C23H29FN2O2/c1-3-23(27)26(20-12-8-7-11-19(20)24)21-14-16-25(17-22(21)28-2)15-13-18-9-5-4-6-10-18/h4-12,21-22H,3,13-17H2,1-2H3. The van der Waals surface area contributed by atoms with Gasteiger partial charge < -0.3 is 14.5 Å². The quantitative estimate of drug-likeness (QED) is 0.726. The van der Waals surface area contributed by atoms with Crippen LogP contribution in [0.15, 0.2) is 54.6 Å². The van der Waals surface area contributed by atoms with Crippen molar-refractivity contribution >= 4 is 11.6 Å². The van der Waals surface area contributed by atoms with Gasteiger partial charge in [0.2, 0.25) is 5.91 Å². The molecule has 0 aromatic heterocycles. The zero-order chi connectivity index (χ0) is 19.9. The topological polar surface area (TPSA) is 32.8 Å². The SMILES string of the molecule is CCC(=O)N(c1ccccc1F)C1CCN(CCc2ccccc2)CC1OC. The van der Waals surface area contributed by atoms with E-state index in [1.807, 2.05) is 13.0 Å². The number of ether oxygens (including phenoxy) is 1. The number of likely N-dealkylation sites (tertiary alicyclic amines) is 1. The van der Waals surface area contributed by atoms with E-state index < -0.39 is 0 Å². The molecule has 1 aliphatic rings. The van der Waals surface area contributed by atoms with Gasteiger partial charge in [0.1, 0.15) is 5.82 Å². The summed E-state index contributed by atoms with van der Waals surface area (Å²) in [5, 5.41) is 0. The summed E-state index contributed by atoms with van der Waals surface area (Å²) >= 11 is 0. The Labute approximate surface area is 166 Å². The number of hydrogen-bond donors (Lipinski definition) is 0. The van der Waals surface area contributed by atoms with Crippen LogP contribution in [0.1, 0.15) is 25.3 Å². The van der Waals surface area contributed by atoms with Crippen molar-refractivity contribution in [2.24, 2.45) is 0 Å². The van der Waals surface area contributed by atoms with Gasteiger partial charge in [0, 0.05) is 33.2 Å². The third-order valence-corrected chi connectivity index (χ3v) is 5.49. The number of para-hydroxylation sites is 1. The van der Waals surface area contributed by atoms with Crippen LogP contribution in [0, 0.1) is 5.82 Å². The first-order valence-electron chi connectivity index (χ1n) is 9.99. The van der Waals surface area contributed by atoms with Gasteiger partial charge in [-0.3, -0.25) is 4.79 Å². The summed E-state index contributed by atoms with van der Waals surface area (Å²) in [6.45, 7) is 4.35. The Bertz CT molecular complexity index is 768. The van der Waals surface area contributed by atoms with Gasteiger partial charge in [-0.15, -0.1) is 0 Å². The predicted molar refractivity (Wildman–Crippen MR) is 110 cm³/mol. The number of halogens is 1. The Hall–Kier alpha value is -2.24. The summed E-state index contributed by atoms with van der Waals surface area (Å²) in [5.74, 6) is -0.444. The monoisotopic (exact) mass is 384 g/mol. The van der Waals surface area contributed by atoms with Crippen LogP contribution >= 0.6 is 0 Å². The number of benzene rings is 2. The molecule has 0 saturated carbocycles. The third kappa shape index (κ3) is 4.78. The molecule has 1 saturated heterocycles. The predicted octanol–water partition coefficient (Wildman–Crippen LogP) is 3.90. The summed E-state index contributed by atoms with van der Waals surface area (Å²) in [6.07, 6.45) is 1.92. The molecule has 2 aromatic rings. The Morgan fingerprint density at radius 3 is 2.57 bits per heavy atom. The van der Waals surface area contributed by atoms with Crippen LogP contribution < -0.4 is 4.90 Å². The van der Waals surface area contributed by atoms with Crippen LogP contribution in [-0.4, -0.2) is 49.7 Å². The van der Waals surface area contributed by atoms with Crippen molar-refractivity contribution in [1.29, 1.82) is 0 Å². The molecule has 2 aromatic carbocycles. The van der Waals surface area contributed by atoms with Crippen molar-refractivity contribution in [3.05, 3.63) is 66.0 Å². The van der Waals surface area contributed by atoms with Crippen molar-refractivity contribution in [3.8, 4) is 0 Å². The lowest BCUT2D eigenvalue weighted by atomic mass is 9.97. The maximum Gasteiger partial charge on any atom is 0.227 e. The van der Waals surface area contributed by atoms with Crippen LogP contribution in [-0.2, 0) is 16.0 Å². The van der Waals surface area contributed by atoms with Crippen LogP contribution in [0.4, 0.5) is 10.1 Å². The number of carbonyl (C=O) groups excluding carboxylic acids is 1. The van der Waals surface area contributed by atoms with Gasteiger partial charge in [0.15, 0.2) is 0 Å². The lowest BCUT2D eigenvalue weighted by molar-refractivity contribution is -0.120. The van der Waals surface area contributed by atoms with Gasteiger partial charge in [0.25, 0.3) is 0 Å². The highest BCUT2D eigenvalue weighted by Crippen LogP contribution is 2.28. The lowest BCUT2D eigenvalue weighted by Gasteiger charge is -2.43. The summed E-state index contributed by atoms with van der Waals surface area (Å²) in [7, 11) is 1.67. The van der Waals surface area contributed by atoms with E-state index in [1.54, 1.807) is 30.2 Å². The number of nitrogens with zero attached hydrogens (tertiary/aromatic N) is 2. The highest BCUT2D eigenvalue weighted by Gasteiger charge is 2.37. The summed E-state index contributed by atoms with van der Waals surface area (Å²) in [6, 6.07) is 16.8. The Morgan fingerprint density at radius 2 is 1.89 bits per heavy atom. The Balaban J connectivity index is 1.72. The van der Waals surface area contributed by atoms with E-state index in [2.05, 4.69) is 29.2 Å². The molecule has 0 bridgehead atoms. The van der Waals surface area contributed by atoms with E-state index in [9.17, 15) is 9.18 Å². The van der Waals surface area contributed by atoms with Gasteiger partial charge in [-0.25, -0.2) is 4.39 Å². The van der Waals surface area contributed by atoms with E-state index in [1.165, 1.54) is 11.6 Å². The molecule has 2 unspecified atom stereocenters. The molecule has 3 rings (SSSR count). The molecule has 1 heterocycles. The number of rotatable bonds is 7. The molecule has 1 aliphatic heterocycles. The largest absolute Gasteiger partial charge is 0.378 e. The second-order valence-electron chi connectivity index (χ2n) is 7.24. The second-order valence-corrected chi connectivity index (χ2v) is 7.24. The first kappa shape index (κ1) is 20.5. The first-order chi connectivity index (χ1) is 13.6. The number of hydrogen-bond acceptors (Lipinski definition) is 3. The minimum atomic E-state index is -0.370. The lowest BCUT2D eigenvalue weighted by Crippen LogP contribution is -2.57. The van der Waals surface area contributed by atoms with Crippen molar-refractivity contribution < 1.29 is 13.9 Å². The van der Waals surface area contributed by atoms with Crippen LogP contribution in [0.5, 0.6) is 0 Å². The zero-order valence-electron chi connectivity index (χ0n) is 16.7. The van der Waals surface area contributed by atoms with Crippen LogP contribution in [0.25, 0.3) is 0 Å². The summed E-state index contributed by atoms with van der Waals surface area (Å²) < 4.78 is 20.2. The summed E-state index contributed by atoms with van der Waals surface area (Å²) in [5.41, 5.74) is 1.66. The highest BCUT2D eigenvalue weighted by atomic mass is 19.1. The maximum atomic E-state index is 14.5. The fraction of sp³-hybridized carbons (Fsp3) is 0.435.